The number of rotatable bonds is 1. The van der Waals surface area contributed by atoms with Crippen LogP contribution in [0.4, 0.5) is 0 Å². The Bertz CT molecular complexity index is 601. The van der Waals surface area contributed by atoms with Crippen molar-refractivity contribution in [2.75, 3.05) is 19.6 Å². The van der Waals surface area contributed by atoms with E-state index in [4.69, 9.17) is 0 Å². The van der Waals surface area contributed by atoms with Crippen molar-refractivity contribution in [2.24, 2.45) is 5.92 Å². The first-order chi connectivity index (χ1) is 9.81. The number of nitrogens with zero attached hydrogens (tertiary/aromatic N) is 1. The van der Waals surface area contributed by atoms with Crippen LogP contribution in [0.1, 0.15) is 23.3 Å². The molecule has 0 aliphatic carbocycles. The van der Waals surface area contributed by atoms with Crippen molar-refractivity contribution in [3.05, 3.63) is 36.0 Å². The minimum Gasteiger partial charge on any atom is -0.351 e. The maximum atomic E-state index is 12.6. The summed E-state index contributed by atoms with van der Waals surface area (Å²) in [7, 11) is 0. The van der Waals surface area contributed by atoms with Crippen LogP contribution in [0.15, 0.2) is 30.3 Å². The number of carbonyl (C=O) groups is 1. The van der Waals surface area contributed by atoms with Gasteiger partial charge in [0.25, 0.3) is 5.91 Å². The third-order valence-corrected chi connectivity index (χ3v) is 4.65. The highest BCUT2D eigenvalue weighted by Crippen LogP contribution is 2.26. The molecule has 2 saturated heterocycles. The number of likely N-dealkylation sites (tertiary alicyclic amines) is 1. The van der Waals surface area contributed by atoms with E-state index in [1.165, 1.54) is 12.8 Å². The van der Waals surface area contributed by atoms with Crippen molar-refractivity contribution in [1.29, 1.82) is 0 Å². The normalized spacial score (nSPS) is 25.9. The number of nitrogens with one attached hydrogen (secondary N) is 2. The predicted molar refractivity (Wildman–Crippen MR) is 78.7 cm³/mol. The molecule has 1 aromatic carbocycles. The Morgan fingerprint density at radius 1 is 1.25 bits per heavy atom. The second-order valence-corrected chi connectivity index (χ2v) is 5.94. The number of H-pyrrole nitrogens is 1. The summed E-state index contributed by atoms with van der Waals surface area (Å²) >= 11 is 0. The van der Waals surface area contributed by atoms with Gasteiger partial charge in [0.2, 0.25) is 0 Å². The number of piperidine rings is 1. The van der Waals surface area contributed by atoms with Gasteiger partial charge in [0.1, 0.15) is 5.69 Å². The SMILES string of the molecule is O=C(c1cc2ccccc2[nH]1)N1C[C@@H]2CCCN[C@@H]2C1. The second kappa shape index (κ2) is 4.63. The number of hydrogen-bond donors (Lipinski definition) is 2. The first-order valence-electron chi connectivity index (χ1n) is 7.42. The summed E-state index contributed by atoms with van der Waals surface area (Å²) in [5.41, 5.74) is 1.75. The lowest BCUT2D eigenvalue weighted by Crippen LogP contribution is -2.41. The molecule has 20 heavy (non-hydrogen) atoms. The Morgan fingerprint density at radius 2 is 2.15 bits per heavy atom. The van der Waals surface area contributed by atoms with Crippen molar-refractivity contribution < 1.29 is 4.79 Å². The largest absolute Gasteiger partial charge is 0.351 e. The molecule has 2 aliphatic heterocycles. The fraction of sp³-hybridized carbons (Fsp3) is 0.438. The quantitative estimate of drug-likeness (QED) is 0.832. The molecular formula is C16H19N3O. The van der Waals surface area contributed by atoms with E-state index < -0.39 is 0 Å². The lowest BCUT2D eigenvalue weighted by Gasteiger charge is -2.24. The van der Waals surface area contributed by atoms with Crippen LogP contribution in [-0.2, 0) is 0 Å². The van der Waals surface area contributed by atoms with Gasteiger partial charge in [0.15, 0.2) is 0 Å². The highest BCUT2D eigenvalue weighted by Gasteiger charge is 2.36. The third-order valence-electron chi connectivity index (χ3n) is 4.65. The Balaban J connectivity index is 1.58. The fourth-order valence-electron chi connectivity index (χ4n) is 3.57. The Labute approximate surface area is 118 Å². The van der Waals surface area contributed by atoms with E-state index in [0.29, 0.717) is 17.7 Å². The summed E-state index contributed by atoms with van der Waals surface area (Å²) < 4.78 is 0. The van der Waals surface area contributed by atoms with Crippen molar-refractivity contribution in [1.82, 2.24) is 15.2 Å². The van der Waals surface area contributed by atoms with Crippen molar-refractivity contribution in [3.63, 3.8) is 0 Å². The molecule has 2 N–H and O–H groups in total. The lowest BCUT2D eigenvalue weighted by molar-refractivity contribution is 0.0781. The molecule has 0 spiro atoms. The maximum Gasteiger partial charge on any atom is 0.270 e. The van der Waals surface area contributed by atoms with E-state index in [2.05, 4.69) is 10.3 Å². The maximum absolute atomic E-state index is 12.6. The van der Waals surface area contributed by atoms with Crippen LogP contribution in [0, 0.1) is 5.92 Å². The zero-order valence-corrected chi connectivity index (χ0v) is 11.4. The summed E-state index contributed by atoms with van der Waals surface area (Å²) in [6, 6.07) is 10.5. The molecule has 0 bridgehead atoms. The molecular weight excluding hydrogens is 250 g/mol. The van der Waals surface area contributed by atoms with E-state index >= 15 is 0 Å². The zero-order valence-electron chi connectivity index (χ0n) is 11.4. The van der Waals surface area contributed by atoms with Gasteiger partial charge in [-0.25, -0.2) is 0 Å². The minimum absolute atomic E-state index is 0.136. The van der Waals surface area contributed by atoms with Gasteiger partial charge in [0, 0.05) is 30.0 Å². The molecule has 4 heteroatoms. The number of aromatic nitrogens is 1. The van der Waals surface area contributed by atoms with Gasteiger partial charge in [-0.15, -0.1) is 0 Å². The van der Waals surface area contributed by atoms with Crippen molar-refractivity contribution in [3.8, 4) is 0 Å². The number of amides is 1. The number of carbonyl (C=O) groups excluding carboxylic acids is 1. The lowest BCUT2D eigenvalue weighted by atomic mass is 9.94. The highest BCUT2D eigenvalue weighted by molar-refractivity contribution is 5.98. The minimum atomic E-state index is 0.136. The van der Waals surface area contributed by atoms with Crippen molar-refractivity contribution >= 4 is 16.8 Å². The Morgan fingerprint density at radius 3 is 3.00 bits per heavy atom. The topological polar surface area (TPSA) is 48.1 Å². The van der Waals surface area contributed by atoms with Crippen LogP contribution in [0.2, 0.25) is 0 Å². The van der Waals surface area contributed by atoms with E-state index in [1.807, 2.05) is 35.2 Å². The van der Waals surface area contributed by atoms with E-state index in [1.54, 1.807) is 0 Å². The van der Waals surface area contributed by atoms with Gasteiger partial charge in [0.05, 0.1) is 0 Å². The monoisotopic (exact) mass is 269 g/mol. The molecule has 2 fully saturated rings. The molecule has 2 atom stereocenters. The Kier molecular flexibility index (Phi) is 2.77. The standard InChI is InChI=1S/C16H19N3O/c20-16(14-8-11-4-1-2-6-13(11)18-14)19-9-12-5-3-7-17-15(12)10-19/h1-2,4,6,8,12,15,17-18H,3,5,7,9-10H2/t12-,15+/m0/s1. The summed E-state index contributed by atoms with van der Waals surface area (Å²) in [5, 5.41) is 4.64. The molecule has 0 saturated carbocycles. The van der Waals surface area contributed by atoms with E-state index in [9.17, 15) is 4.79 Å². The number of para-hydroxylation sites is 1. The van der Waals surface area contributed by atoms with Crippen LogP contribution in [0.5, 0.6) is 0 Å². The molecule has 4 rings (SSSR count). The number of fused-ring (bicyclic) bond motifs is 2. The van der Waals surface area contributed by atoms with E-state index in [-0.39, 0.29) is 5.91 Å². The first-order valence-corrected chi connectivity index (χ1v) is 7.42. The van der Waals surface area contributed by atoms with Gasteiger partial charge in [-0.2, -0.15) is 0 Å². The predicted octanol–water partition coefficient (Wildman–Crippen LogP) is 1.99. The molecule has 2 aliphatic rings. The van der Waals surface area contributed by atoms with Crippen LogP contribution >= 0.6 is 0 Å². The smallest absolute Gasteiger partial charge is 0.270 e. The molecule has 104 valence electrons. The highest BCUT2D eigenvalue weighted by atomic mass is 16.2. The van der Waals surface area contributed by atoms with Crippen LogP contribution in [0.3, 0.4) is 0 Å². The number of benzene rings is 1. The van der Waals surface area contributed by atoms with Gasteiger partial charge >= 0.3 is 0 Å². The Hall–Kier alpha value is -1.81. The van der Waals surface area contributed by atoms with Gasteiger partial charge < -0.3 is 15.2 Å². The van der Waals surface area contributed by atoms with Crippen molar-refractivity contribution in [2.45, 2.75) is 18.9 Å². The fourth-order valence-corrected chi connectivity index (χ4v) is 3.57. The van der Waals surface area contributed by atoms with Gasteiger partial charge in [-0.3, -0.25) is 4.79 Å². The van der Waals surface area contributed by atoms with Crippen LogP contribution < -0.4 is 5.32 Å². The molecule has 1 aromatic heterocycles. The van der Waals surface area contributed by atoms with Crippen LogP contribution in [0.25, 0.3) is 10.9 Å². The summed E-state index contributed by atoms with van der Waals surface area (Å²) in [6.45, 7) is 2.83. The molecule has 0 unspecified atom stereocenters. The van der Waals surface area contributed by atoms with E-state index in [0.717, 1.165) is 30.5 Å². The average molecular weight is 269 g/mol. The summed E-state index contributed by atoms with van der Waals surface area (Å²) in [6.07, 6.45) is 2.48. The molecule has 4 nitrogen and oxygen atoms in total. The molecule has 3 heterocycles. The van der Waals surface area contributed by atoms with Gasteiger partial charge in [-0.05, 0) is 37.4 Å². The average Bonchev–Trinajstić information content (AvgIpc) is 3.10. The van der Waals surface area contributed by atoms with Gasteiger partial charge in [-0.1, -0.05) is 18.2 Å². The third kappa shape index (κ3) is 1.91. The molecule has 1 amide bonds. The van der Waals surface area contributed by atoms with Crippen LogP contribution in [-0.4, -0.2) is 41.5 Å². The zero-order chi connectivity index (χ0) is 13.5. The summed E-state index contributed by atoms with van der Waals surface area (Å²) in [4.78, 5) is 17.9. The second-order valence-electron chi connectivity index (χ2n) is 5.94. The first kappa shape index (κ1) is 12.0. The number of hydrogen-bond acceptors (Lipinski definition) is 2. The number of aromatic amines is 1. The molecule has 0 radical (unpaired) electrons. The summed E-state index contributed by atoms with van der Waals surface area (Å²) in [5.74, 6) is 0.773. The molecule has 2 aromatic rings.